The minimum absolute atomic E-state index is 0.0800. The van der Waals surface area contributed by atoms with Crippen LogP contribution in [0.1, 0.15) is 25.8 Å². The van der Waals surface area contributed by atoms with Crippen molar-refractivity contribution in [2.75, 3.05) is 5.32 Å². The molecular weight excluding hydrogens is 301 g/mol. The van der Waals surface area contributed by atoms with Gasteiger partial charge in [0, 0.05) is 5.69 Å². The highest BCUT2D eigenvalue weighted by Gasteiger charge is 2.30. The third-order valence-corrected chi connectivity index (χ3v) is 2.71. The number of rotatable bonds is 5. The minimum Gasteiger partial charge on any atom is -0.436 e. The Balaban J connectivity index is 2.66. The zero-order valence-electron chi connectivity index (χ0n) is 12.1. The van der Waals surface area contributed by atoms with Crippen molar-refractivity contribution >= 4 is 17.7 Å². The fraction of sp³-hybridized carbons (Fsp3) is 0.429. The van der Waals surface area contributed by atoms with Gasteiger partial charge in [-0.05, 0) is 36.6 Å². The molecule has 0 radical (unpaired) electrons. The maximum absolute atomic E-state index is 12.4. The summed E-state index contributed by atoms with van der Waals surface area (Å²) in [6, 6.07) is 3.84. The summed E-state index contributed by atoms with van der Waals surface area (Å²) in [5.41, 5.74) is 4.41. The average molecular weight is 318 g/mol. The zero-order chi connectivity index (χ0) is 16.9. The van der Waals surface area contributed by atoms with E-state index >= 15 is 0 Å². The fourth-order valence-corrected chi connectivity index (χ4v) is 1.67. The second-order valence-corrected chi connectivity index (χ2v) is 5.13. The third-order valence-electron chi connectivity index (χ3n) is 2.71. The van der Waals surface area contributed by atoms with Crippen LogP contribution >= 0.6 is 0 Å². The number of hydrogen-bond donors (Lipinski definition) is 2. The highest BCUT2D eigenvalue weighted by Crippen LogP contribution is 2.29. The van der Waals surface area contributed by atoms with Gasteiger partial charge >= 0.3 is 12.3 Å². The lowest BCUT2D eigenvalue weighted by Gasteiger charge is -2.17. The van der Waals surface area contributed by atoms with Gasteiger partial charge in [0.25, 0.3) is 5.91 Å². The molecule has 0 heterocycles. The van der Waals surface area contributed by atoms with Gasteiger partial charge in [0.2, 0.25) is 0 Å². The van der Waals surface area contributed by atoms with Crippen molar-refractivity contribution in [2.45, 2.75) is 32.5 Å². The largest absolute Gasteiger partial charge is 0.436 e. The van der Waals surface area contributed by atoms with Gasteiger partial charge in [0.05, 0.1) is 5.56 Å². The Morgan fingerprint density at radius 1 is 1.23 bits per heavy atom. The normalized spacial score (nSPS) is 12.8. The summed E-state index contributed by atoms with van der Waals surface area (Å²) in [4.78, 5) is 22.8. The van der Waals surface area contributed by atoms with E-state index in [1.807, 2.05) is 13.8 Å². The molecule has 0 aliphatic carbocycles. The molecule has 0 saturated carbocycles. The monoisotopic (exact) mass is 318 g/mol. The molecule has 22 heavy (non-hydrogen) atoms. The van der Waals surface area contributed by atoms with Gasteiger partial charge in [-0.2, -0.15) is 13.2 Å². The average Bonchev–Trinajstić information content (AvgIpc) is 2.36. The number of halogens is 3. The number of benzene rings is 1. The molecular formula is C14H17F3N2O3. The number of ether oxygens (including phenoxy) is 1. The summed E-state index contributed by atoms with van der Waals surface area (Å²) in [6.07, 6.45) is -6.23. The number of nitrogens with one attached hydrogen (secondary N) is 1. The van der Waals surface area contributed by atoms with Crippen LogP contribution < -0.4 is 11.1 Å². The molecule has 122 valence electrons. The van der Waals surface area contributed by atoms with Crippen LogP contribution in [-0.4, -0.2) is 18.1 Å². The molecule has 1 aromatic carbocycles. The smallest absolute Gasteiger partial charge is 0.416 e. The molecule has 0 aromatic heterocycles. The van der Waals surface area contributed by atoms with Crippen molar-refractivity contribution < 1.29 is 27.5 Å². The number of anilines is 1. The van der Waals surface area contributed by atoms with Crippen LogP contribution in [0.3, 0.4) is 0 Å². The van der Waals surface area contributed by atoms with Gasteiger partial charge in [-0.25, -0.2) is 4.79 Å². The van der Waals surface area contributed by atoms with Crippen molar-refractivity contribution in [3.63, 3.8) is 0 Å². The molecule has 1 aromatic rings. The first kappa shape index (κ1) is 17.8. The maximum atomic E-state index is 12.4. The van der Waals surface area contributed by atoms with Gasteiger partial charge in [0.15, 0.2) is 6.10 Å². The number of amides is 2. The Bertz CT molecular complexity index is 527. The van der Waals surface area contributed by atoms with Crippen molar-refractivity contribution in [2.24, 2.45) is 11.7 Å². The highest BCUT2D eigenvalue weighted by atomic mass is 19.4. The van der Waals surface area contributed by atoms with E-state index in [0.29, 0.717) is 0 Å². The Morgan fingerprint density at radius 2 is 1.77 bits per heavy atom. The molecule has 0 bridgehead atoms. The minimum atomic E-state index is -4.45. The second-order valence-electron chi connectivity index (χ2n) is 5.13. The second kappa shape index (κ2) is 7.15. The predicted octanol–water partition coefficient (Wildman–Crippen LogP) is 3.15. The number of alkyl halides is 3. The van der Waals surface area contributed by atoms with E-state index < -0.39 is 29.8 Å². The van der Waals surface area contributed by atoms with E-state index in [9.17, 15) is 22.8 Å². The molecule has 0 fully saturated rings. The van der Waals surface area contributed by atoms with E-state index in [2.05, 4.69) is 5.32 Å². The van der Waals surface area contributed by atoms with Crippen LogP contribution in [0, 0.1) is 5.92 Å². The van der Waals surface area contributed by atoms with E-state index in [1.54, 1.807) is 0 Å². The van der Waals surface area contributed by atoms with Crippen molar-refractivity contribution in [1.82, 2.24) is 0 Å². The first-order chi connectivity index (χ1) is 10.1. The topological polar surface area (TPSA) is 81.4 Å². The molecule has 3 N–H and O–H groups in total. The summed E-state index contributed by atoms with van der Waals surface area (Å²) in [5.74, 6) is -0.701. The summed E-state index contributed by atoms with van der Waals surface area (Å²) >= 11 is 0. The summed E-state index contributed by atoms with van der Waals surface area (Å²) in [6.45, 7) is 3.65. The highest BCUT2D eigenvalue weighted by molar-refractivity contribution is 5.88. The van der Waals surface area contributed by atoms with Crippen LogP contribution in [0.5, 0.6) is 0 Å². The van der Waals surface area contributed by atoms with Crippen LogP contribution in [0.4, 0.5) is 23.7 Å². The lowest BCUT2D eigenvalue weighted by molar-refractivity contribution is -0.137. The molecule has 1 atom stereocenters. The van der Waals surface area contributed by atoms with Gasteiger partial charge < -0.3 is 10.5 Å². The molecule has 0 spiro atoms. The molecule has 1 rings (SSSR count). The standard InChI is InChI=1S/C14H17F3N2O3/c1-8(2)7-11(12(18)20)22-13(21)19-10-5-3-9(4-6-10)14(15,16)17/h3-6,8,11H,7H2,1-2H3,(H2,18,20)(H,19,21)/t11-/m0/s1. The number of carbonyl (C=O) groups is 2. The van der Waals surface area contributed by atoms with Crippen molar-refractivity contribution in [3.05, 3.63) is 29.8 Å². The number of nitrogens with two attached hydrogens (primary N) is 1. The molecule has 0 saturated heterocycles. The lowest BCUT2D eigenvalue weighted by atomic mass is 10.1. The number of primary amides is 1. The van der Waals surface area contributed by atoms with E-state index in [0.717, 1.165) is 24.3 Å². The van der Waals surface area contributed by atoms with Gasteiger partial charge in [-0.3, -0.25) is 10.1 Å². The first-order valence-electron chi connectivity index (χ1n) is 6.53. The van der Waals surface area contributed by atoms with Gasteiger partial charge in [-0.15, -0.1) is 0 Å². The van der Waals surface area contributed by atoms with E-state index in [4.69, 9.17) is 10.5 Å². The van der Waals surface area contributed by atoms with E-state index in [-0.39, 0.29) is 18.0 Å². The van der Waals surface area contributed by atoms with Crippen molar-refractivity contribution in [1.29, 1.82) is 0 Å². The predicted molar refractivity (Wildman–Crippen MR) is 74.0 cm³/mol. The summed E-state index contributed by atoms with van der Waals surface area (Å²) in [5, 5.41) is 2.24. The molecule has 0 aliphatic heterocycles. The fourth-order valence-electron chi connectivity index (χ4n) is 1.67. The molecule has 5 nitrogen and oxygen atoms in total. The number of carbonyl (C=O) groups excluding carboxylic acids is 2. The first-order valence-corrected chi connectivity index (χ1v) is 6.53. The summed E-state index contributed by atoms with van der Waals surface area (Å²) in [7, 11) is 0. The van der Waals surface area contributed by atoms with Crippen LogP contribution in [-0.2, 0) is 15.7 Å². The third kappa shape index (κ3) is 5.63. The van der Waals surface area contributed by atoms with Crippen LogP contribution in [0.15, 0.2) is 24.3 Å². The molecule has 2 amide bonds. The Labute approximate surface area is 125 Å². The van der Waals surface area contributed by atoms with Gasteiger partial charge in [0.1, 0.15) is 0 Å². The molecule has 8 heteroatoms. The maximum Gasteiger partial charge on any atom is 0.416 e. The summed E-state index contributed by atoms with van der Waals surface area (Å²) < 4.78 is 42.1. The SMILES string of the molecule is CC(C)C[C@H](OC(=O)Nc1ccc(C(F)(F)F)cc1)C(N)=O. The molecule has 0 unspecified atom stereocenters. The quantitative estimate of drug-likeness (QED) is 0.875. The Morgan fingerprint density at radius 3 is 2.18 bits per heavy atom. The van der Waals surface area contributed by atoms with Crippen LogP contribution in [0.25, 0.3) is 0 Å². The Hall–Kier alpha value is -2.25. The lowest BCUT2D eigenvalue weighted by Crippen LogP contribution is -2.35. The Kier molecular flexibility index (Phi) is 5.78. The number of hydrogen-bond acceptors (Lipinski definition) is 3. The van der Waals surface area contributed by atoms with Crippen molar-refractivity contribution in [3.8, 4) is 0 Å². The molecule has 0 aliphatic rings. The van der Waals surface area contributed by atoms with Crippen LogP contribution in [0.2, 0.25) is 0 Å². The van der Waals surface area contributed by atoms with E-state index in [1.165, 1.54) is 0 Å². The van der Waals surface area contributed by atoms with Gasteiger partial charge in [-0.1, -0.05) is 13.8 Å². The zero-order valence-corrected chi connectivity index (χ0v) is 12.1.